The summed E-state index contributed by atoms with van der Waals surface area (Å²) in [6, 6.07) is 13.7. The van der Waals surface area contributed by atoms with E-state index in [1.807, 2.05) is 62.4 Å². The molecule has 4 nitrogen and oxygen atoms in total. The smallest absolute Gasteiger partial charge is 0.458 e. The second-order valence-electron chi connectivity index (χ2n) is 8.38. The number of para-hydroxylation sites is 1. The highest BCUT2D eigenvalue weighted by atomic mass is 16.5. The average Bonchev–Trinajstić information content (AvgIpc) is 2.79. The van der Waals surface area contributed by atoms with Crippen LogP contribution < -0.4 is 4.74 Å². The topological polar surface area (TPSA) is 58.9 Å². The molecule has 0 fully saturated rings. The fraction of sp³-hybridized carbons (Fsp3) is 0.333. The predicted molar refractivity (Wildman–Crippen MR) is 132 cm³/mol. The first-order valence-corrected chi connectivity index (χ1v) is 11.3. The number of phenols is 1. The molecular formula is C27H33BO4. The molecule has 168 valence electrons. The Hall–Kier alpha value is -2.76. The average molecular weight is 432 g/mol. The summed E-state index contributed by atoms with van der Waals surface area (Å²) in [7, 11) is -0.789. The highest BCUT2D eigenvalue weighted by Gasteiger charge is 2.28. The number of aromatic hydroxyl groups is 1. The van der Waals surface area contributed by atoms with Gasteiger partial charge < -0.3 is 19.5 Å². The first-order chi connectivity index (χ1) is 15.4. The van der Waals surface area contributed by atoms with E-state index < -0.39 is 7.12 Å². The van der Waals surface area contributed by atoms with Gasteiger partial charge in [-0.2, -0.15) is 0 Å². The molecule has 1 aliphatic rings. The van der Waals surface area contributed by atoms with E-state index in [0.717, 1.165) is 52.8 Å². The van der Waals surface area contributed by atoms with Crippen molar-refractivity contribution in [1.29, 1.82) is 0 Å². The van der Waals surface area contributed by atoms with Crippen LogP contribution in [-0.2, 0) is 4.65 Å². The Bertz CT molecular complexity index is 971. The van der Waals surface area contributed by atoms with Crippen LogP contribution in [0.1, 0.15) is 42.9 Å². The fourth-order valence-electron chi connectivity index (χ4n) is 4.02. The lowest BCUT2D eigenvalue weighted by Crippen LogP contribution is -2.32. The molecule has 0 amide bonds. The molecule has 2 aromatic rings. The number of allylic oxidation sites excluding steroid dienone is 2. The molecule has 32 heavy (non-hydrogen) atoms. The summed E-state index contributed by atoms with van der Waals surface area (Å²) in [5.41, 5.74) is 6.03. The molecule has 0 radical (unpaired) electrons. The monoisotopic (exact) mass is 432 g/mol. The summed E-state index contributed by atoms with van der Waals surface area (Å²) in [5.74, 6) is 1.16. The molecule has 0 aliphatic carbocycles. The van der Waals surface area contributed by atoms with Crippen LogP contribution in [0, 0.1) is 13.8 Å². The van der Waals surface area contributed by atoms with Gasteiger partial charge in [0, 0.05) is 6.32 Å². The molecule has 0 bridgehead atoms. The maximum atomic E-state index is 10.1. The van der Waals surface area contributed by atoms with E-state index in [9.17, 15) is 10.1 Å². The Balaban J connectivity index is 1.67. The van der Waals surface area contributed by atoms with E-state index in [1.54, 1.807) is 0 Å². The second-order valence-corrected chi connectivity index (χ2v) is 8.38. The van der Waals surface area contributed by atoms with Gasteiger partial charge in [-0.25, -0.2) is 0 Å². The van der Waals surface area contributed by atoms with Gasteiger partial charge in [0.2, 0.25) is 0 Å². The zero-order chi connectivity index (χ0) is 23.1. The van der Waals surface area contributed by atoms with Crippen LogP contribution in [0.5, 0.6) is 11.5 Å². The van der Waals surface area contributed by atoms with E-state index in [1.165, 1.54) is 5.57 Å². The van der Waals surface area contributed by atoms with Gasteiger partial charge in [0.05, 0.1) is 6.10 Å². The minimum Gasteiger partial charge on any atom is -0.507 e. The van der Waals surface area contributed by atoms with Gasteiger partial charge in [0.15, 0.2) is 0 Å². The van der Waals surface area contributed by atoms with Crippen molar-refractivity contribution in [3.8, 4) is 11.5 Å². The molecule has 1 aliphatic heterocycles. The highest BCUT2D eigenvalue weighted by Crippen LogP contribution is 2.30. The van der Waals surface area contributed by atoms with Crippen LogP contribution in [-0.4, -0.2) is 30.0 Å². The molecule has 0 saturated heterocycles. The second kappa shape index (κ2) is 11.2. The van der Waals surface area contributed by atoms with Gasteiger partial charge in [-0.05, 0) is 85.2 Å². The van der Waals surface area contributed by atoms with E-state index >= 15 is 0 Å². The first kappa shape index (κ1) is 23.9. The molecular weight excluding hydrogens is 399 g/mol. The largest absolute Gasteiger partial charge is 0.507 e. The normalized spacial score (nSPS) is 16.6. The van der Waals surface area contributed by atoms with Crippen LogP contribution in [0.4, 0.5) is 0 Å². The van der Waals surface area contributed by atoms with Crippen LogP contribution >= 0.6 is 0 Å². The van der Waals surface area contributed by atoms with Crippen molar-refractivity contribution in [3.05, 3.63) is 88.5 Å². The van der Waals surface area contributed by atoms with Gasteiger partial charge >= 0.3 is 7.12 Å². The van der Waals surface area contributed by atoms with Crippen molar-refractivity contribution >= 4 is 13.2 Å². The number of hydrogen-bond acceptors (Lipinski definition) is 4. The SMILES string of the molecule is C=C(COc1ccccc1)C1=CCB(O)OC1CC/C(=C/c1cc(C)c(O)c(C)c1)CC. The third-order valence-corrected chi connectivity index (χ3v) is 5.84. The summed E-state index contributed by atoms with van der Waals surface area (Å²) in [6.45, 7) is 10.6. The number of ether oxygens (including phenoxy) is 1. The Kier molecular flexibility index (Phi) is 8.37. The van der Waals surface area contributed by atoms with Gasteiger partial charge in [-0.15, -0.1) is 0 Å². The molecule has 1 atom stereocenters. The number of benzene rings is 2. The Labute approximate surface area is 192 Å². The lowest BCUT2D eigenvalue weighted by molar-refractivity contribution is 0.181. The predicted octanol–water partition coefficient (Wildman–Crippen LogP) is 6.02. The third-order valence-electron chi connectivity index (χ3n) is 5.84. The Morgan fingerprint density at radius 2 is 1.91 bits per heavy atom. The Morgan fingerprint density at radius 3 is 2.56 bits per heavy atom. The Morgan fingerprint density at radius 1 is 1.22 bits per heavy atom. The molecule has 1 unspecified atom stereocenters. The molecule has 0 aromatic heterocycles. The summed E-state index contributed by atoms with van der Waals surface area (Å²) in [4.78, 5) is 0. The maximum absolute atomic E-state index is 10.1. The van der Waals surface area contributed by atoms with Crippen LogP contribution in [0.2, 0.25) is 6.32 Å². The first-order valence-electron chi connectivity index (χ1n) is 11.3. The lowest BCUT2D eigenvalue weighted by Gasteiger charge is -2.28. The number of phenolic OH excluding ortho intramolecular Hbond substituents is 1. The van der Waals surface area contributed by atoms with Crippen molar-refractivity contribution in [2.45, 2.75) is 52.5 Å². The highest BCUT2D eigenvalue weighted by molar-refractivity contribution is 6.43. The van der Waals surface area contributed by atoms with E-state index in [0.29, 0.717) is 18.7 Å². The van der Waals surface area contributed by atoms with Crippen molar-refractivity contribution in [1.82, 2.24) is 0 Å². The standard InChI is InChI=1S/C27H33BO4/c1-5-22(17-23-15-19(2)27(29)20(3)16-23)11-12-26-25(13-14-28(30)32-26)21(4)18-31-24-9-7-6-8-10-24/h6-10,13,15-17,26,29-30H,4-5,11-12,14,18H2,1-3H3/b22-17+. The zero-order valence-corrected chi connectivity index (χ0v) is 19.3. The molecule has 2 N–H and O–H groups in total. The zero-order valence-electron chi connectivity index (χ0n) is 19.3. The van der Waals surface area contributed by atoms with Gasteiger partial charge in [-0.3, -0.25) is 0 Å². The lowest BCUT2D eigenvalue weighted by atomic mass is 9.78. The maximum Gasteiger partial charge on any atom is 0.458 e. The van der Waals surface area contributed by atoms with E-state index in [4.69, 9.17) is 9.39 Å². The number of aryl methyl sites for hydroxylation is 2. The van der Waals surface area contributed by atoms with Crippen LogP contribution in [0.3, 0.4) is 0 Å². The molecule has 3 rings (SSSR count). The number of rotatable bonds is 9. The molecule has 0 spiro atoms. The summed E-state index contributed by atoms with van der Waals surface area (Å²) in [6.07, 6.45) is 6.97. The van der Waals surface area contributed by atoms with E-state index in [-0.39, 0.29) is 6.10 Å². The molecule has 0 saturated carbocycles. The van der Waals surface area contributed by atoms with E-state index in [2.05, 4.69) is 19.6 Å². The van der Waals surface area contributed by atoms with Crippen molar-refractivity contribution in [2.24, 2.45) is 0 Å². The van der Waals surface area contributed by atoms with Crippen molar-refractivity contribution < 1.29 is 19.5 Å². The summed E-state index contributed by atoms with van der Waals surface area (Å²) >= 11 is 0. The fourth-order valence-corrected chi connectivity index (χ4v) is 4.02. The molecule has 1 heterocycles. The third kappa shape index (κ3) is 6.38. The van der Waals surface area contributed by atoms with Crippen molar-refractivity contribution in [2.75, 3.05) is 6.61 Å². The minimum atomic E-state index is -0.789. The summed E-state index contributed by atoms with van der Waals surface area (Å²) < 4.78 is 11.7. The van der Waals surface area contributed by atoms with Crippen LogP contribution in [0.15, 0.2) is 71.8 Å². The molecule has 5 heteroatoms. The van der Waals surface area contributed by atoms with Crippen LogP contribution in [0.25, 0.3) is 6.08 Å². The summed E-state index contributed by atoms with van der Waals surface area (Å²) in [5, 5.41) is 20.1. The van der Waals surface area contributed by atoms with Gasteiger partial charge in [0.1, 0.15) is 18.1 Å². The van der Waals surface area contributed by atoms with Gasteiger partial charge in [-0.1, -0.05) is 49.4 Å². The number of hydrogen-bond donors (Lipinski definition) is 2. The van der Waals surface area contributed by atoms with Crippen molar-refractivity contribution in [3.63, 3.8) is 0 Å². The minimum absolute atomic E-state index is 0.219. The van der Waals surface area contributed by atoms with Gasteiger partial charge in [0.25, 0.3) is 0 Å². The molecule has 2 aromatic carbocycles. The quantitative estimate of drug-likeness (QED) is 0.476.